The predicted octanol–water partition coefficient (Wildman–Crippen LogP) is 2.41. The molecule has 4 nitrogen and oxygen atoms in total. The molecule has 2 rings (SSSR count). The number of tetrazole rings is 1. The van der Waals surface area contributed by atoms with Gasteiger partial charge in [-0.15, -0.1) is 16.7 Å². The second-order valence-electron chi connectivity index (χ2n) is 4.59. The molecule has 84 valence electrons. The van der Waals surface area contributed by atoms with Crippen molar-refractivity contribution in [2.45, 2.75) is 45.0 Å². The van der Waals surface area contributed by atoms with E-state index in [9.17, 15) is 0 Å². The lowest BCUT2D eigenvalue weighted by atomic mass is 9.79. The first-order valence-corrected chi connectivity index (χ1v) is 6.08. The molecule has 1 fully saturated rings. The summed E-state index contributed by atoms with van der Waals surface area (Å²) in [6.07, 6.45) is 3.59. The summed E-state index contributed by atoms with van der Waals surface area (Å²) in [5, 5.41) is 11.7. The number of rotatable bonds is 2. The number of aromatic nitrogens is 4. The van der Waals surface area contributed by atoms with Crippen molar-refractivity contribution in [1.82, 2.24) is 20.2 Å². The topological polar surface area (TPSA) is 43.6 Å². The van der Waals surface area contributed by atoms with Gasteiger partial charge in [-0.25, -0.2) is 4.68 Å². The number of nitrogens with zero attached hydrogens (tertiary/aromatic N) is 4. The third-order valence-electron chi connectivity index (χ3n) is 3.60. The highest BCUT2D eigenvalue weighted by Gasteiger charge is 2.27. The zero-order chi connectivity index (χ0) is 10.8. The Bertz CT molecular complexity index is 325. The Morgan fingerprint density at radius 1 is 1.33 bits per heavy atom. The summed E-state index contributed by atoms with van der Waals surface area (Å²) in [5.41, 5.74) is 0. The van der Waals surface area contributed by atoms with Crippen molar-refractivity contribution < 1.29 is 0 Å². The second kappa shape index (κ2) is 4.47. The zero-order valence-corrected chi connectivity index (χ0v) is 9.98. The quantitative estimate of drug-likeness (QED) is 0.731. The largest absolute Gasteiger partial charge is 0.225 e. The second-order valence-corrected chi connectivity index (χ2v) is 4.86. The van der Waals surface area contributed by atoms with Crippen LogP contribution in [-0.2, 0) is 5.88 Å². The first-order valence-electron chi connectivity index (χ1n) is 5.55. The van der Waals surface area contributed by atoms with Gasteiger partial charge >= 0.3 is 0 Å². The Labute approximate surface area is 95.0 Å². The molecule has 1 aliphatic rings. The minimum atomic E-state index is 0.396. The average Bonchev–Trinajstić information content (AvgIpc) is 2.70. The molecule has 3 atom stereocenters. The molecular formula is C10H17ClN4. The van der Waals surface area contributed by atoms with Crippen LogP contribution >= 0.6 is 11.6 Å². The highest BCUT2D eigenvalue weighted by molar-refractivity contribution is 6.16. The van der Waals surface area contributed by atoms with E-state index in [1.54, 1.807) is 0 Å². The van der Waals surface area contributed by atoms with E-state index >= 15 is 0 Å². The maximum atomic E-state index is 5.79. The van der Waals surface area contributed by atoms with Gasteiger partial charge in [0.05, 0.1) is 11.9 Å². The van der Waals surface area contributed by atoms with Gasteiger partial charge in [-0.05, 0) is 41.5 Å². The van der Waals surface area contributed by atoms with Gasteiger partial charge in [-0.3, -0.25) is 0 Å². The normalized spacial score (nSPS) is 31.8. The third-order valence-corrected chi connectivity index (χ3v) is 3.84. The van der Waals surface area contributed by atoms with Crippen LogP contribution in [0.15, 0.2) is 0 Å². The fraction of sp³-hybridized carbons (Fsp3) is 0.900. The van der Waals surface area contributed by atoms with E-state index in [2.05, 4.69) is 29.4 Å². The van der Waals surface area contributed by atoms with E-state index in [-0.39, 0.29) is 0 Å². The van der Waals surface area contributed by atoms with Crippen LogP contribution in [0.25, 0.3) is 0 Å². The summed E-state index contributed by atoms with van der Waals surface area (Å²) < 4.78 is 1.91. The predicted molar refractivity (Wildman–Crippen MR) is 58.6 cm³/mol. The summed E-state index contributed by atoms with van der Waals surface area (Å²) in [5.74, 6) is 2.75. The van der Waals surface area contributed by atoms with Crippen LogP contribution in [0.1, 0.15) is 45.0 Å². The Morgan fingerprint density at radius 2 is 2.13 bits per heavy atom. The minimum absolute atomic E-state index is 0.396. The lowest BCUT2D eigenvalue weighted by Gasteiger charge is -2.32. The van der Waals surface area contributed by atoms with E-state index < -0.39 is 0 Å². The zero-order valence-electron chi connectivity index (χ0n) is 9.23. The lowest BCUT2D eigenvalue weighted by Crippen LogP contribution is -2.25. The van der Waals surface area contributed by atoms with E-state index in [4.69, 9.17) is 11.6 Å². The summed E-state index contributed by atoms with van der Waals surface area (Å²) in [7, 11) is 0. The number of hydrogen-bond acceptors (Lipinski definition) is 3. The summed E-state index contributed by atoms with van der Waals surface area (Å²) >= 11 is 5.79. The molecule has 0 bridgehead atoms. The Hall–Kier alpha value is -0.640. The van der Waals surface area contributed by atoms with Gasteiger partial charge in [0.25, 0.3) is 0 Å². The van der Waals surface area contributed by atoms with E-state index in [0.717, 1.165) is 24.1 Å². The molecule has 0 aromatic carbocycles. The first-order chi connectivity index (χ1) is 7.22. The maximum Gasteiger partial charge on any atom is 0.166 e. The molecule has 0 radical (unpaired) electrons. The van der Waals surface area contributed by atoms with Crippen molar-refractivity contribution >= 4 is 11.6 Å². The summed E-state index contributed by atoms with van der Waals surface area (Å²) in [4.78, 5) is 0. The molecule has 1 aliphatic carbocycles. The van der Waals surface area contributed by atoms with Crippen LogP contribution in [0.4, 0.5) is 0 Å². The molecule has 15 heavy (non-hydrogen) atoms. The molecule has 0 aliphatic heterocycles. The SMILES string of the molecule is CC1CCC(n2nnnc2CCl)CC1C. The smallest absolute Gasteiger partial charge is 0.166 e. The lowest BCUT2D eigenvalue weighted by molar-refractivity contribution is 0.197. The van der Waals surface area contributed by atoms with Gasteiger partial charge < -0.3 is 0 Å². The van der Waals surface area contributed by atoms with Crippen molar-refractivity contribution in [2.24, 2.45) is 11.8 Å². The van der Waals surface area contributed by atoms with E-state index in [0.29, 0.717) is 11.9 Å². The van der Waals surface area contributed by atoms with Gasteiger partial charge in [0.15, 0.2) is 5.82 Å². The van der Waals surface area contributed by atoms with Crippen LogP contribution < -0.4 is 0 Å². The van der Waals surface area contributed by atoms with E-state index in [1.165, 1.54) is 12.8 Å². The van der Waals surface area contributed by atoms with Crippen molar-refractivity contribution in [2.75, 3.05) is 0 Å². The Balaban J connectivity index is 2.11. The van der Waals surface area contributed by atoms with Gasteiger partial charge in [0.1, 0.15) is 0 Å². The Morgan fingerprint density at radius 3 is 2.80 bits per heavy atom. The molecule has 1 aromatic rings. The van der Waals surface area contributed by atoms with Crippen LogP contribution in [0.2, 0.25) is 0 Å². The molecule has 0 spiro atoms. The number of halogens is 1. The highest BCUT2D eigenvalue weighted by atomic mass is 35.5. The van der Waals surface area contributed by atoms with Crippen molar-refractivity contribution in [3.8, 4) is 0 Å². The highest BCUT2D eigenvalue weighted by Crippen LogP contribution is 2.35. The molecular weight excluding hydrogens is 212 g/mol. The number of alkyl halides is 1. The van der Waals surface area contributed by atoms with Crippen LogP contribution in [0.5, 0.6) is 0 Å². The van der Waals surface area contributed by atoms with E-state index in [1.807, 2.05) is 4.68 Å². The van der Waals surface area contributed by atoms with Crippen molar-refractivity contribution in [3.05, 3.63) is 5.82 Å². The van der Waals surface area contributed by atoms with Crippen LogP contribution in [0.3, 0.4) is 0 Å². The summed E-state index contributed by atoms with van der Waals surface area (Å²) in [6, 6.07) is 0.444. The van der Waals surface area contributed by atoms with Crippen molar-refractivity contribution in [3.63, 3.8) is 0 Å². The van der Waals surface area contributed by atoms with Crippen molar-refractivity contribution in [1.29, 1.82) is 0 Å². The molecule has 1 aromatic heterocycles. The molecule has 0 amide bonds. The minimum Gasteiger partial charge on any atom is -0.225 e. The number of hydrogen-bond donors (Lipinski definition) is 0. The van der Waals surface area contributed by atoms with Gasteiger partial charge in [0, 0.05) is 0 Å². The molecule has 0 saturated heterocycles. The fourth-order valence-electron chi connectivity index (χ4n) is 2.33. The van der Waals surface area contributed by atoms with Gasteiger partial charge in [-0.1, -0.05) is 13.8 Å². The van der Waals surface area contributed by atoms with Gasteiger partial charge in [-0.2, -0.15) is 0 Å². The maximum absolute atomic E-state index is 5.79. The summed E-state index contributed by atoms with van der Waals surface area (Å²) in [6.45, 7) is 4.63. The van der Waals surface area contributed by atoms with Crippen LogP contribution in [0, 0.1) is 11.8 Å². The average molecular weight is 229 g/mol. The van der Waals surface area contributed by atoms with Gasteiger partial charge in [0.2, 0.25) is 0 Å². The molecule has 1 saturated carbocycles. The first kappa shape index (κ1) is 10.9. The molecule has 3 unspecified atom stereocenters. The fourth-order valence-corrected chi connectivity index (χ4v) is 2.50. The third kappa shape index (κ3) is 2.14. The standard InChI is InChI=1S/C10H17ClN4/c1-7-3-4-9(5-8(7)2)15-10(6-11)12-13-14-15/h7-9H,3-6H2,1-2H3. The monoisotopic (exact) mass is 228 g/mol. The molecule has 1 heterocycles. The Kier molecular flexibility index (Phi) is 3.24. The molecule has 0 N–H and O–H groups in total. The molecule has 5 heteroatoms. The van der Waals surface area contributed by atoms with Crippen LogP contribution in [-0.4, -0.2) is 20.2 Å².